The Hall–Kier alpha value is -2.88. The molecule has 0 saturated heterocycles. The molecule has 0 bridgehead atoms. The van der Waals surface area contributed by atoms with Crippen molar-refractivity contribution in [3.8, 4) is 0 Å². The summed E-state index contributed by atoms with van der Waals surface area (Å²) >= 11 is 0.701. The highest BCUT2D eigenvalue weighted by Crippen LogP contribution is 2.34. The fourth-order valence-corrected chi connectivity index (χ4v) is 3.22. The molecule has 0 saturated carbocycles. The summed E-state index contributed by atoms with van der Waals surface area (Å²) in [7, 11) is 2.23. The van der Waals surface area contributed by atoms with Gasteiger partial charge in [0.15, 0.2) is 17.5 Å². The number of carbonyl (C=O) groups excluding carboxylic acids is 3. The van der Waals surface area contributed by atoms with Crippen molar-refractivity contribution >= 4 is 34.2 Å². The minimum absolute atomic E-state index is 0.0222. The van der Waals surface area contributed by atoms with Gasteiger partial charge in [-0.05, 0) is 24.6 Å². The fourth-order valence-electron chi connectivity index (χ4n) is 2.11. The van der Waals surface area contributed by atoms with E-state index >= 15 is 0 Å². The third-order valence-corrected chi connectivity index (χ3v) is 4.60. The summed E-state index contributed by atoms with van der Waals surface area (Å²) in [5, 5.41) is 2.09. The van der Waals surface area contributed by atoms with Crippen LogP contribution in [0.1, 0.15) is 36.0 Å². The molecular formula is C16H12F3NO5S. The Balaban J connectivity index is 2.49. The van der Waals surface area contributed by atoms with Crippen molar-refractivity contribution in [2.45, 2.75) is 6.92 Å². The van der Waals surface area contributed by atoms with E-state index in [0.717, 1.165) is 20.3 Å². The number of rotatable bonds is 4. The highest BCUT2D eigenvalue weighted by atomic mass is 32.1. The van der Waals surface area contributed by atoms with Gasteiger partial charge < -0.3 is 14.8 Å². The third kappa shape index (κ3) is 3.40. The van der Waals surface area contributed by atoms with Crippen LogP contribution in [0.15, 0.2) is 12.1 Å². The number of amides is 1. The van der Waals surface area contributed by atoms with Gasteiger partial charge in [-0.3, -0.25) is 4.79 Å². The molecule has 1 heterocycles. The van der Waals surface area contributed by atoms with Crippen LogP contribution >= 0.6 is 11.3 Å². The summed E-state index contributed by atoms with van der Waals surface area (Å²) in [5.41, 5.74) is -0.714. The van der Waals surface area contributed by atoms with E-state index in [2.05, 4.69) is 14.8 Å². The minimum atomic E-state index is -1.80. The zero-order valence-corrected chi connectivity index (χ0v) is 14.6. The molecule has 1 N–H and O–H groups in total. The van der Waals surface area contributed by atoms with Crippen molar-refractivity contribution in [1.29, 1.82) is 0 Å². The molecule has 0 atom stereocenters. The van der Waals surface area contributed by atoms with Gasteiger partial charge in [-0.25, -0.2) is 22.8 Å². The summed E-state index contributed by atoms with van der Waals surface area (Å²) in [6, 6.07) is 1.34. The average molecular weight is 387 g/mol. The van der Waals surface area contributed by atoms with E-state index in [1.165, 1.54) is 6.92 Å². The van der Waals surface area contributed by atoms with Crippen LogP contribution in [0.2, 0.25) is 0 Å². The molecule has 2 aromatic rings. The van der Waals surface area contributed by atoms with Crippen LogP contribution in [0, 0.1) is 24.4 Å². The number of carbonyl (C=O) groups is 3. The van der Waals surface area contributed by atoms with Crippen LogP contribution in [0.25, 0.3) is 0 Å². The Morgan fingerprint density at radius 2 is 1.62 bits per heavy atom. The quantitative estimate of drug-likeness (QED) is 0.643. The number of anilines is 1. The largest absolute Gasteiger partial charge is 0.465 e. The van der Waals surface area contributed by atoms with E-state index in [1.807, 2.05) is 0 Å². The number of ether oxygens (including phenoxy) is 2. The number of methoxy groups -OCH3 is 2. The number of esters is 2. The maximum absolute atomic E-state index is 13.8. The lowest BCUT2D eigenvalue weighted by Gasteiger charge is -2.07. The summed E-state index contributed by atoms with van der Waals surface area (Å²) in [6.45, 7) is 1.43. The number of thiophene rings is 1. The maximum Gasteiger partial charge on any atom is 0.348 e. The molecule has 1 aromatic carbocycles. The Labute approximate surface area is 149 Å². The second-order valence-electron chi connectivity index (χ2n) is 4.92. The van der Waals surface area contributed by atoms with Crippen molar-refractivity contribution in [2.75, 3.05) is 19.5 Å². The Morgan fingerprint density at radius 1 is 1.00 bits per heavy atom. The first-order valence-electron chi connectivity index (χ1n) is 6.97. The van der Waals surface area contributed by atoms with Gasteiger partial charge in [0.05, 0.1) is 25.3 Å². The molecule has 0 aliphatic carbocycles. The molecule has 1 aromatic heterocycles. The van der Waals surface area contributed by atoms with Gasteiger partial charge in [-0.15, -0.1) is 11.3 Å². The van der Waals surface area contributed by atoms with Gasteiger partial charge in [-0.1, -0.05) is 0 Å². The van der Waals surface area contributed by atoms with Gasteiger partial charge in [-0.2, -0.15) is 0 Å². The lowest BCUT2D eigenvalue weighted by atomic mass is 10.1. The standard InChI is InChI=1S/C16H12F3NO5S/c1-6-9(15(22)24-2)14(26-12(6)16(23)25-3)20-13(21)7-4-5-8(17)11(19)10(7)18/h4-5H,1-3H3,(H,20,21). The Bertz CT molecular complexity index is 910. The number of hydrogen-bond acceptors (Lipinski definition) is 6. The van der Waals surface area contributed by atoms with E-state index in [0.29, 0.717) is 17.4 Å². The molecule has 0 aliphatic rings. The van der Waals surface area contributed by atoms with Crippen molar-refractivity contribution in [1.82, 2.24) is 0 Å². The van der Waals surface area contributed by atoms with Crippen LogP contribution in [0.3, 0.4) is 0 Å². The van der Waals surface area contributed by atoms with E-state index in [4.69, 9.17) is 0 Å². The molecule has 2 rings (SSSR count). The second kappa shape index (κ2) is 7.56. The molecule has 6 nitrogen and oxygen atoms in total. The van der Waals surface area contributed by atoms with Gasteiger partial charge in [0.25, 0.3) is 5.91 Å². The van der Waals surface area contributed by atoms with Crippen LogP contribution in [0.4, 0.5) is 18.2 Å². The first-order valence-corrected chi connectivity index (χ1v) is 7.79. The molecular weight excluding hydrogens is 375 g/mol. The SMILES string of the molecule is COC(=O)c1sc(NC(=O)c2ccc(F)c(F)c2F)c(C(=O)OC)c1C. The summed E-state index contributed by atoms with van der Waals surface area (Å²) < 4.78 is 49.3. The normalized spacial score (nSPS) is 10.4. The summed E-state index contributed by atoms with van der Waals surface area (Å²) in [4.78, 5) is 36.0. The van der Waals surface area contributed by atoms with E-state index < -0.39 is 40.9 Å². The zero-order valence-electron chi connectivity index (χ0n) is 13.7. The van der Waals surface area contributed by atoms with Crippen molar-refractivity contribution in [3.05, 3.63) is 51.2 Å². The number of benzene rings is 1. The molecule has 1 amide bonds. The van der Waals surface area contributed by atoms with Crippen molar-refractivity contribution < 1.29 is 37.0 Å². The number of halogens is 3. The molecule has 26 heavy (non-hydrogen) atoms. The lowest BCUT2D eigenvalue weighted by molar-refractivity contribution is 0.0601. The molecule has 0 radical (unpaired) electrons. The highest BCUT2D eigenvalue weighted by Gasteiger charge is 2.28. The van der Waals surface area contributed by atoms with E-state index in [-0.39, 0.29) is 21.0 Å². The lowest BCUT2D eigenvalue weighted by Crippen LogP contribution is -2.16. The van der Waals surface area contributed by atoms with Gasteiger partial charge in [0.1, 0.15) is 9.88 Å². The topological polar surface area (TPSA) is 81.7 Å². The first-order chi connectivity index (χ1) is 12.2. The van der Waals surface area contributed by atoms with E-state index in [9.17, 15) is 27.6 Å². The van der Waals surface area contributed by atoms with E-state index in [1.54, 1.807) is 0 Å². The van der Waals surface area contributed by atoms with Crippen molar-refractivity contribution in [2.24, 2.45) is 0 Å². The predicted molar refractivity (Wildman–Crippen MR) is 86.0 cm³/mol. The molecule has 0 aliphatic heterocycles. The number of hydrogen-bond donors (Lipinski definition) is 1. The van der Waals surface area contributed by atoms with Gasteiger partial charge in [0.2, 0.25) is 0 Å². The highest BCUT2D eigenvalue weighted by molar-refractivity contribution is 7.18. The maximum atomic E-state index is 13.8. The minimum Gasteiger partial charge on any atom is -0.465 e. The van der Waals surface area contributed by atoms with Crippen LogP contribution in [-0.2, 0) is 9.47 Å². The predicted octanol–water partition coefficient (Wildman–Crippen LogP) is 3.30. The number of nitrogens with one attached hydrogen (secondary N) is 1. The monoisotopic (exact) mass is 387 g/mol. The molecule has 10 heteroatoms. The van der Waals surface area contributed by atoms with Crippen LogP contribution < -0.4 is 5.32 Å². The summed E-state index contributed by atoms with van der Waals surface area (Å²) in [5.74, 6) is -7.67. The molecule has 0 unspecified atom stereocenters. The van der Waals surface area contributed by atoms with Crippen molar-refractivity contribution in [3.63, 3.8) is 0 Å². The Morgan fingerprint density at radius 3 is 2.19 bits per heavy atom. The van der Waals surface area contributed by atoms with Gasteiger partial charge >= 0.3 is 11.9 Å². The second-order valence-corrected chi connectivity index (χ2v) is 5.94. The smallest absolute Gasteiger partial charge is 0.348 e. The Kier molecular flexibility index (Phi) is 5.66. The molecule has 0 fully saturated rings. The molecule has 138 valence electrons. The van der Waals surface area contributed by atoms with Crippen LogP contribution in [0.5, 0.6) is 0 Å². The van der Waals surface area contributed by atoms with Gasteiger partial charge in [0, 0.05) is 0 Å². The fraction of sp³-hybridized carbons (Fsp3) is 0.188. The average Bonchev–Trinajstić information content (AvgIpc) is 2.94. The first kappa shape index (κ1) is 19.4. The molecule has 0 spiro atoms. The zero-order chi connectivity index (χ0) is 19.6. The van der Waals surface area contributed by atoms with Crippen LogP contribution in [-0.4, -0.2) is 32.1 Å². The third-order valence-electron chi connectivity index (χ3n) is 3.41. The summed E-state index contributed by atoms with van der Waals surface area (Å²) in [6.07, 6.45) is 0.